The minimum absolute atomic E-state index is 0.278. The molecule has 17 heavy (non-hydrogen) atoms. The average Bonchev–Trinajstić information content (AvgIpc) is 2.20. The van der Waals surface area contributed by atoms with E-state index in [1.807, 2.05) is 0 Å². The Balaban J connectivity index is 2.59. The molecule has 0 atom stereocenters. The van der Waals surface area contributed by atoms with Crippen LogP contribution in [0.2, 0.25) is 0 Å². The maximum Gasteiger partial charge on any atom is 0.406 e. The van der Waals surface area contributed by atoms with Crippen molar-refractivity contribution in [1.29, 1.82) is 0 Å². The van der Waals surface area contributed by atoms with E-state index in [1.165, 1.54) is 12.1 Å². The van der Waals surface area contributed by atoms with Crippen LogP contribution in [0.3, 0.4) is 0 Å². The molecule has 0 fully saturated rings. The molecule has 0 radical (unpaired) electrons. The van der Waals surface area contributed by atoms with E-state index in [9.17, 15) is 18.0 Å². The van der Waals surface area contributed by atoms with Crippen molar-refractivity contribution in [2.45, 2.75) is 12.7 Å². The van der Waals surface area contributed by atoms with Crippen molar-refractivity contribution in [2.24, 2.45) is 0 Å². The number of aromatic nitrogens is 1. The molecule has 2 nitrogen and oxygen atoms in total. The number of hydrogen-bond donors (Lipinski definition) is 0. The first-order valence-electron chi connectivity index (χ1n) is 4.72. The molecule has 0 saturated carbocycles. The van der Waals surface area contributed by atoms with Gasteiger partial charge in [-0.25, -0.2) is 0 Å². The van der Waals surface area contributed by atoms with E-state index in [1.54, 1.807) is 12.1 Å². The Morgan fingerprint density at radius 3 is 2.59 bits per heavy atom. The second kappa shape index (κ2) is 4.18. The van der Waals surface area contributed by atoms with Gasteiger partial charge in [0.1, 0.15) is 6.54 Å². The molecular formula is C11H7BrF3NO. The fourth-order valence-corrected chi connectivity index (χ4v) is 1.96. The van der Waals surface area contributed by atoms with Crippen molar-refractivity contribution < 1.29 is 13.2 Å². The molecule has 90 valence electrons. The number of nitrogens with zero attached hydrogens (tertiary/aromatic N) is 1. The first-order valence-corrected chi connectivity index (χ1v) is 5.51. The number of benzene rings is 1. The molecule has 0 unspecified atom stereocenters. The second-order valence-electron chi connectivity index (χ2n) is 3.60. The van der Waals surface area contributed by atoms with Crippen LogP contribution in [-0.2, 0) is 6.54 Å². The van der Waals surface area contributed by atoms with Crippen molar-refractivity contribution in [1.82, 2.24) is 4.57 Å². The van der Waals surface area contributed by atoms with Crippen LogP contribution in [0.15, 0.2) is 39.7 Å². The lowest BCUT2D eigenvalue weighted by atomic mass is 10.2. The monoisotopic (exact) mass is 305 g/mol. The summed E-state index contributed by atoms with van der Waals surface area (Å²) < 4.78 is 38.1. The van der Waals surface area contributed by atoms with E-state index in [2.05, 4.69) is 15.9 Å². The number of pyridine rings is 1. The summed E-state index contributed by atoms with van der Waals surface area (Å²) in [6.45, 7) is -1.27. The van der Waals surface area contributed by atoms with E-state index in [-0.39, 0.29) is 5.39 Å². The molecule has 2 aromatic rings. The summed E-state index contributed by atoms with van der Waals surface area (Å²) in [6.07, 6.45) is -3.24. The number of rotatable bonds is 1. The van der Waals surface area contributed by atoms with Crippen LogP contribution in [0, 0.1) is 0 Å². The second-order valence-corrected chi connectivity index (χ2v) is 4.51. The Bertz CT molecular complexity index is 618. The number of halogens is 4. The lowest BCUT2D eigenvalue weighted by Crippen LogP contribution is -2.27. The molecule has 0 aliphatic rings. The zero-order valence-electron chi connectivity index (χ0n) is 8.46. The van der Waals surface area contributed by atoms with Gasteiger partial charge in [0.15, 0.2) is 0 Å². The quantitative estimate of drug-likeness (QED) is 0.792. The van der Waals surface area contributed by atoms with Gasteiger partial charge in [-0.15, -0.1) is 0 Å². The molecule has 0 aliphatic heterocycles. The SMILES string of the molecule is O=c1c2ccc(Br)cc2ccn1CC(F)(F)F. The molecule has 0 bridgehead atoms. The zero-order valence-corrected chi connectivity index (χ0v) is 10.0. The number of fused-ring (bicyclic) bond motifs is 1. The lowest BCUT2D eigenvalue weighted by Gasteiger charge is -2.10. The maximum atomic E-state index is 12.2. The van der Waals surface area contributed by atoms with Gasteiger partial charge in [0, 0.05) is 16.1 Å². The van der Waals surface area contributed by atoms with Gasteiger partial charge in [-0.3, -0.25) is 4.79 Å². The molecule has 0 N–H and O–H groups in total. The number of alkyl halides is 3. The Morgan fingerprint density at radius 2 is 1.94 bits per heavy atom. The highest BCUT2D eigenvalue weighted by Crippen LogP contribution is 2.19. The van der Waals surface area contributed by atoms with Gasteiger partial charge < -0.3 is 4.57 Å². The highest BCUT2D eigenvalue weighted by atomic mass is 79.9. The van der Waals surface area contributed by atoms with Crippen LogP contribution in [0.5, 0.6) is 0 Å². The third-order valence-electron chi connectivity index (χ3n) is 2.29. The lowest BCUT2D eigenvalue weighted by molar-refractivity contribution is -0.141. The molecule has 1 aromatic carbocycles. The van der Waals surface area contributed by atoms with E-state index < -0.39 is 18.3 Å². The van der Waals surface area contributed by atoms with Crippen molar-refractivity contribution in [3.8, 4) is 0 Å². The molecule has 1 aromatic heterocycles. The van der Waals surface area contributed by atoms with Gasteiger partial charge in [0.2, 0.25) is 0 Å². The first-order chi connectivity index (χ1) is 7.87. The smallest absolute Gasteiger partial charge is 0.306 e. The van der Waals surface area contributed by atoms with Gasteiger partial charge in [-0.1, -0.05) is 15.9 Å². The van der Waals surface area contributed by atoms with E-state index in [0.717, 1.165) is 10.7 Å². The van der Waals surface area contributed by atoms with Crippen LogP contribution in [-0.4, -0.2) is 10.7 Å². The minimum atomic E-state index is -4.40. The largest absolute Gasteiger partial charge is 0.406 e. The normalized spacial score (nSPS) is 12.0. The first kappa shape index (κ1) is 12.2. The summed E-state index contributed by atoms with van der Waals surface area (Å²) in [7, 11) is 0. The molecular weight excluding hydrogens is 299 g/mol. The fraction of sp³-hybridized carbons (Fsp3) is 0.182. The van der Waals surface area contributed by atoms with Gasteiger partial charge >= 0.3 is 6.18 Å². The van der Waals surface area contributed by atoms with Crippen LogP contribution >= 0.6 is 15.9 Å². The molecule has 1 heterocycles. The Labute approximate surface area is 103 Å². The molecule has 0 saturated heterocycles. The van der Waals surface area contributed by atoms with Crippen molar-refractivity contribution in [3.05, 3.63) is 45.3 Å². The molecule has 6 heteroatoms. The highest BCUT2D eigenvalue weighted by molar-refractivity contribution is 9.10. The van der Waals surface area contributed by atoms with E-state index in [4.69, 9.17) is 0 Å². The summed E-state index contributed by atoms with van der Waals surface area (Å²) in [5, 5.41) is 0.891. The van der Waals surface area contributed by atoms with Crippen molar-refractivity contribution in [3.63, 3.8) is 0 Å². The predicted octanol–water partition coefficient (Wildman–Crippen LogP) is 3.33. The molecule has 0 amide bonds. The fourth-order valence-electron chi connectivity index (χ4n) is 1.58. The van der Waals surface area contributed by atoms with Crippen LogP contribution in [0.25, 0.3) is 10.8 Å². The Kier molecular flexibility index (Phi) is 2.99. The van der Waals surface area contributed by atoms with Crippen LogP contribution in [0.4, 0.5) is 13.2 Å². The third-order valence-corrected chi connectivity index (χ3v) is 2.78. The number of hydrogen-bond acceptors (Lipinski definition) is 1. The minimum Gasteiger partial charge on any atom is -0.306 e. The molecule has 2 rings (SSSR count). The van der Waals surface area contributed by atoms with Gasteiger partial charge in [-0.05, 0) is 29.7 Å². The van der Waals surface area contributed by atoms with E-state index in [0.29, 0.717) is 9.95 Å². The van der Waals surface area contributed by atoms with E-state index >= 15 is 0 Å². The highest BCUT2D eigenvalue weighted by Gasteiger charge is 2.28. The Morgan fingerprint density at radius 1 is 1.24 bits per heavy atom. The maximum absolute atomic E-state index is 12.2. The molecule has 0 spiro atoms. The van der Waals surface area contributed by atoms with Crippen molar-refractivity contribution in [2.75, 3.05) is 0 Å². The van der Waals surface area contributed by atoms with Gasteiger partial charge in [0.05, 0.1) is 0 Å². The third kappa shape index (κ3) is 2.69. The summed E-state index contributed by atoms with van der Waals surface area (Å²) in [6, 6.07) is 6.32. The predicted molar refractivity (Wildman–Crippen MR) is 62.0 cm³/mol. The van der Waals surface area contributed by atoms with Gasteiger partial charge in [0.25, 0.3) is 5.56 Å². The molecule has 0 aliphatic carbocycles. The standard InChI is InChI=1S/C11H7BrF3NO/c12-8-1-2-9-7(5-8)3-4-16(10(9)17)6-11(13,14)15/h1-5H,6H2. The van der Waals surface area contributed by atoms with Crippen molar-refractivity contribution >= 4 is 26.7 Å². The summed E-state index contributed by atoms with van der Waals surface area (Å²) in [5.41, 5.74) is -0.632. The average molecular weight is 306 g/mol. The summed E-state index contributed by atoms with van der Waals surface area (Å²) >= 11 is 3.24. The van der Waals surface area contributed by atoms with Gasteiger partial charge in [-0.2, -0.15) is 13.2 Å². The Hall–Kier alpha value is -1.30. The zero-order chi connectivity index (χ0) is 12.6. The topological polar surface area (TPSA) is 22.0 Å². The summed E-state index contributed by atoms with van der Waals surface area (Å²) in [5.74, 6) is 0. The van der Waals surface area contributed by atoms with Crippen LogP contribution in [0.1, 0.15) is 0 Å². The summed E-state index contributed by atoms with van der Waals surface area (Å²) in [4.78, 5) is 11.8. The van der Waals surface area contributed by atoms with Crippen LogP contribution < -0.4 is 5.56 Å².